The number of amides is 1. The van der Waals surface area contributed by atoms with Gasteiger partial charge in [0.05, 0.1) is 0 Å². The maximum atomic E-state index is 12.2. The Kier molecular flexibility index (Phi) is 5.90. The second-order valence-electron chi connectivity index (χ2n) is 6.16. The van der Waals surface area contributed by atoms with Crippen LogP contribution in [0.1, 0.15) is 28.3 Å². The van der Waals surface area contributed by atoms with Gasteiger partial charge in [-0.05, 0) is 37.7 Å². The second-order valence-corrected chi connectivity index (χ2v) is 6.16. The maximum Gasteiger partial charge on any atom is 0.241 e. The monoisotopic (exact) mass is 311 g/mol. The van der Waals surface area contributed by atoms with Crippen LogP contribution >= 0.6 is 0 Å². The first-order chi connectivity index (χ1) is 11.0. The van der Waals surface area contributed by atoms with E-state index in [9.17, 15) is 4.79 Å². The van der Waals surface area contributed by atoms with Crippen LogP contribution in [-0.4, -0.2) is 24.9 Å². The van der Waals surface area contributed by atoms with E-state index in [1.54, 1.807) is 0 Å². The number of hydrogen-bond acceptors (Lipinski definition) is 3. The highest BCUT2D eigenvalue weighted by molar-refractivity contribution is 5.82. The number of rotatable bonds is 6. The number of benzene rings is 2. The molecule has 2 aromatic rings. The first kappa shape index (κ1) is 17.2. The van der Waals surface area contributed by atoms with Gasteiger partial charge in [0.15, 0.2) is 0 Å². The van der Waals surface area contributed by atoms with Crippen molar-refractivity contribution in [1.82, 2.24) is 10.2 Å². The Labute approximate surface area is 138 Å². The van der Waals surface area contributed by atoms with Gasteiger partial charge in [0.1, 0.15) is 6.04 Å². The molecule has 2 rings (SSSR count). The number of nitrogens with zero attached hydrogens (tertiary/aromatic N) is 1. The van der Waals surface area contributed by atoms with Gasteiger partial charge in [-0.25, -0.2) is 0 Å². The number of hydrogen-bond donors (Lipinski definition) is 2. The van der Waals surface area contributed by atoms with E-state index >= 15 is 0 Å². The number of carbonyl (C=O) groups is 1. The largest absolute Gasteiger partial charge is 0.350 e. The first-order valence-corrected chi connectivity index (χ1v) is 7.78. The summed E-state index contributed by atoms with van der Waals surface area (Å²) in [6, 6.07) is 15.3. The number of aryl methyl sites for hydroxylation is 1. The molecule has 0 bridgehead atoms. The average Bonchev–Trinajstić information content (AvgIpc) is 2.52. The fourth-order valence-corrected chi connectivity index (χ4v) is 2.43. The van der Waals surface area contributed by atoms with Crippen molar-refractivity contribution in [1.29, 1.82) is 0 Å². The minimum Gasteiger partial charge on any atom is -0.350 e. The summed E-state index contributed by atoms with van der Waals surface area (Å²) in [6.07, 6.45) is 0. The van der Waals surface area contributed by atoms with Crippen molar-refractivity contribution >= 4 is 5.91 Å². The SMILES string of the molecule is Cc1ccc(C(N)C(=O)NCc2cccc(CN(C)C)c2)cc1. The van der Waals surface area contributed by atoms with Gasteiger partial charge in [0.2, 0.25) is 5.91 Å². The Bertz CT molecular complexity index is 650. The van der Waals surface area contributed by atoms with E-state index in [4.69, 9.17) is 5.73 Å². The minimum atomic E-state index is -0.638. The number of nitrogens with two attached hydrogens (primary N) is 1. The second kappa shape index (κ2) is 7.90. The lowest BCUT2D eigenvalue weighted by molar-refractivity contribution is -0.122. The molecule has 4 nitrogen and oxygen atoms in total. The van der Waals surface area contributed by atoms with Gasteiger partial charge in [-0.1, -0.05) is 54.1 Å². The molecule has 3 N–H and O–H groups in total. The van der Waals surface area contributed by atoms with E-state index in [1.807, 2.05) is 57.4 Å². The van der Waals surface area contributed by atoms with Crippen molar-refractivity contribution in [3.63, 3.8) is 0 Å². The third-order valence-corrected chi connectivity index (χ3v) is 3.68. The minimum absolute atomic E-state index is 0.160. The highest BCUT2D eigenvalue weighted by Crippen LogP contribution is 2.12. The summed E-state index contributed by atoms with van der Waals surface area (Å²) in [5, 5.41) is 2.91. The lowest BCUT2D eigenvalue weighted by Crippen LogP contribution is -2.33. The van der Waals surface area contributed by atoms with Crippen molar-refractivity contribution in [2.75, 3.05) is 14.1 Å². The molecular weight excluding hydrogens is 286 g/mol. The smallest absolute Gasteiger partial charge is 0.241 e. The van der Waals surface area contributed by atoms with Crippen molar-refractivity contribution < 1.29 is 4.79 Å². The molecular formula is C19H25N3O. The summed E-state index contributed by atoms with van der Waals surface area (Å²) in [5.41, 5.74) is 10.3. The van der Waals surface area contributed by atoms with Crippen molar-refractivity contribution in [3.8, 4) is 0 Å². The van der Waals surface area contributed by atoms with Gasteiger partial charge in [0.25, 0.3) is 0 Å². The number of carbonyl (C=O) groups excluding carboxylic acids is 1. The first-order valence-electron chi connectivity index (χ1n) is 7.78. The zero-order valence-electron chi connectivity index (χ0n) is 14.0. The van der Waals surface area contributed by atoms with E-state index in [2.05, 4.69) is 22.3 Å². The molecule has 0 aliphatic heterocycles. The molecule has 0 spiro atoms. The Morgan fingerprint density at radius 2 is 1.78 bits per heavy atom. The zero-order chi connectivity index (χ0) is 16.8. The summed E-state index contributed by atoms with van der Waals surface area (Å²) in [5.74, 6) is -0.160. The molecule has 2 aromatic carbocycles. The van der Waals surface area contributed by atoms with Crippen LogP contribution in [0.15, 0.2) is 48.5 Å². The third-order valence-electron chi connectivity index (χ3n) is 3.68. The topological polar surface area (TPSA) is 58.4 Å². The van der Waals surface area contributed by atoms with Gasteiger partial charge in [-0.3, -0.25) is 4.79 Å². The average molecular weight is 311 g/mol. The standard InChI is InChI=1S/C19H25N3O/c1-14-7-9-17(10-8-14)18(20)19(23)21-12-15-5-4-6-16(11-15)13-22(2)3/h4-11,18H,12-13,20H2,1-3H3,(H,21,23). The fraction of sp³-hybridized carbons (Fsp3) is 0.316. The molecule has 0 saturated heterocycles. The third kappa shape index (κ3) is 5.20. The molecule has 0 heterocycles. The predicted octanol–water partition coefficient (Wildman–Crippen LogP) is 2.37. The Morgan fingerprint density at radius 3 is 2.43 bits per heavy atom. The van der Waals surface area contributed by atoms with Crippen LogP contribution in [0.25, 0.3) is 0 Å². The maximum absolute atomic E-state index is 12.2. The van der Waals surface area contributed by atoms with Crippen LogP contribution in [-0.2, 0) is 17.9 Å². The van der Waals surface area contributed by atoms with Crippen LogP contribution in [0.5, 0.6) is 0 Å². The zero-order valence-corrected chi connectivity index (χ0v) is 14.0. The Hall–Kier alpha value is -2.17. The molecule has 1 amide bonds. The van der Waals surface area contributed by atoms with Crippen LogP contribution in [0.3, 0.4) is 0 Å². The molecule has 4 heteroatoms. The lowest BCUT2D eigenvalue weighted by Gasteiger charge is -2.14. The Morgan fingerprint density at radius 1 is 1.13 bits per heavy atom. The van der Waals surface area contributed by atoms with E-state index < -0.39 is 6.04 Å². The lowest BCUT2D eigenvalue weighted by atomic mass is 10.1. The van der Waals surface area contributed by atoms with Crippen molar-refractivity contribution in [3.05, 3.63) is 70.8 Å². The van der Waals surface area contributed by atoms with Crippen LogP contribution in [0, 0.1) is 6.92 Å². The molecule has 0 radical (unpaired) electrons. The van der Waals surface area contributed by atoms with Crippen LogP contribution in [0.2, 0.25) is 0 Å². The summed E-state index contributed by atoms with van der Waals surface area (Å²) in [4.78, 5) is 14.3. The van der Waals surface area contributed by atoms with E-state index in [0.717, 1.165) is 23.2 Å². The van der Waals surface area contributed by atoms with Gasteiger partial charge in [0, 0.05) is 13.1 Å². The summed E-state index contributed by atoms with van der Waals surface area (Å²) in [6.45, 7) is 3.38. The summed E-state index contributed by atoms with van der Waals surface area (Å²) in [7, 11) is 4.07. The quantitative estimate of drug-likeness (QED) is 0.861. The summed E-state index contributed by atoms with van der Waals surface area (Å²) < 4.78 is 0. The molecule has 1 unspecified atom stereocenters. The molecule has 1 atom stereocenters. The van der Waals surface area contributed by atoms with Crippen molar-refractivity contribution in [2.45, 2.75) is 26.1 Å². The molecule has 0 aliphatic rings. The molecule has 122 valence electrons. The fourth-order valence-electron chi connectivity index (χ4n) is 2.43. The van der Waals surface area contributed by atoms with E-state index in [0.29, 0.717) is 6.54 Å². The van der Waals surface area contributed by atoms with Crippen LogP contribution in [0.4, 0.5) is 0 Å². The molecule has 0 fully saturated rings. The van der Waals surface area contributed by atoms with Gasteiger partial charge < -0.3 is 16.0 Å². The normalized spacial score (nSPS) is 12.2. The number of nitrogens with one attached hydrogen (secondary N) is 1. The van der Waals surface area contributed by atoms with E-state index in [-0.39, 0.29) is 5.91 Å². The van der Waals surface area contributed by atoms with Gasteiger partial charge in [-0.15, -0.1) is 0 Å². The van der Waals surface area contributed by atoms with E-state index in [1.165, 1.54) is 5.56 Å². The highest BCUT2D eigenvalue weighted by Gasteiger charge is 2.15. The molecule has 23 heavy (non-hydrogen) atoms. The van der Waals surface area contributed by atoms with Crippen molar-refractivity contribution in [2.24, 2.45) is 5.73 Å². The van der Waals surface area contributed by atoms with Gasteiger partial charge in [-0.2, -0.15) is 0 Å². The molecule has 0 aliphatic carbocycles. The van der Waals surface area contributed by atoms with Crippen LogP contribution < -0.4 is 11.1 Å². The predicted molar refractivity (Wildman–Crippen MR) is 93.8 cm³/mol. The molecule has 0 saturated carbocycles. The van der Waals surface area contributed by atoms with Gasteiger partial charge >= 0.3 is 0 Å². The summed E-state index contributed by atoms with van der Waals surface area (Å²) >= 11 is 0. The Balaban J connectivity index is 1.94. The highest BCUT2D eigenvalue weighted by atomic mass is 16.2. The molecule has 0 aromatic heterocycles.